The standard InChI is InChI=1S/C57H68O8/c1-36(2)11-8-12-37(3)49-24-25-50-48-23-26-52-56(5,51(48)27-30-55(49,50)4)28-10-29-57(52,40-15-17-42(18-16-40)64-44-19-21-46(53(60)62-6)38(31-44)34-58)41-13-9-14-43(33-41)65-45-20-22-47(54(61)63-7)39(32-45)35-59/h9,13-22,31-37,48-52H,8,10-12,23-30H2,1-7H3. The zero-order valence-corrected chi connectivity index (χ0v) is 39.5. The van der Waals surface area contributed by atoms with Crippen LogP contribution in [0.5, 0.6) is 23.0 Å². The van der Waals surface area contributed by atoms with Crippen LogP contribution in [0.25, 0.3) is 0 Å². The second-order valence-electron chi connectivity index (χ2n) is 20.8. The number of hydrogen-bond donors (Lipinski definition) is 0. The van der Waals surface area contributed by atoms with Crippen molar-refractivity contribution in [3.8, 4) is 23.0 Å². The van der Waals surface area contributed by atoms with Crippen LogP contribution in [-0.4, -0.2) is 38.7 Å². The Bertz CT molecular complexity index is 2380. The Morgan fingerprint density at radius 2 is 1.23 bits per heavy atom. The van der Waals surface area contributed by atoms with Gasteiger partial charge in [0.15, 0.2) is 12.6 Å². The van der Waals surface area contributed by atoms with E-state index in [0.717, 1.165) is 48.9 Å². The average Bonchev–Trinajstić information content (AvgIpc) is 3.68. The van der Waals surface area contributed by atoms with Crippen molar-refractivity contribution in [2.75, 3.05) is 14.2 Å². The molecule has 0 saturated heterocycles. The van der Waals surface area contributed by atoms with Crippen LogP contribution in [0.4, 0.5) is 0 Å². The Labute approximate surface area is 386 Å². The minimum atomic E-state index is -0.574. The summed E-state index contributed by atoms with van der Waals surface area (Å²) in [6.45, 7) is 12.6. The number of aldehydes is 2. The maximum absolute atomic E-state index is 12.4. The van der Waals surface area contributed by atoms with Crippen molar-refractivity contribution in [2.24, 2.45) is 52.3 Å². The Morgan fingerprint density at radius 3 is 1.85 bits per heavy atom. The molecule has 9 atom stereocenters. The monoisotopic (exact) mass is 880 g/mol. The molecule has 344 valence electrons. The van der Waals surface area contributed by atoms with Crippen molar-refractivity contribution in [1.82, 2.24) is 0 Å². The van der Waals surface area contributed by atoms with E-state index in [4.69, 9.17) is 18.9 Å². The number of carbonyl (C=O) groups is 4. The Balaban J connectivity index is 1.14. The second-order valence-corrected chi connectivity index (χ2v) is 20.8. The normalized spacial score (nSPS) is 28.5. The van der Waals surface area contributed by atoms with Crippen molar-refractivity contribution in [1.29, 1.82) is 0 Å². The molecule has 4 saturated carbocycles. The van der Waals surface area contributed by atoms with E-state index < -0.39 is 11.9 Å². The molecule has 0 aromatic heterocycles. The Hall–Kier alpha value is -5.24. The number of esters is 2. The molecule has 9 unspecified atom stereocenters. The van der Waals surface area contributed by atoms with Gasteiger partial charge in [0.05, 0.1) is 25.3 Å². The fourth-order valence-corrected chi connectivity index (χ4v) is 14.4. The number of methoxy groups -OCH3 is 2. The van der Waals surface area contributed by atoms with Gasteiger partial charge in [0.25, 0.3) is 0 Å². The summed E-state index contributed by atoms with van der Waals surface area (Å²) >= 11 is 0. The molecule has 4 aromatic carbocycles. The minimum Gasteiger partial charge on any atom is -0.465 e. The molecule has 0 amide bonds. The van der Waals surface area contributed by atoms with E-state index >= 15 is 0 Å². The summed E-state index contributed by atoms with van der Waals surface area (Å²) in [5.41, 5.74) is 3.49. The Kier molecular flexibility index (Phi) is 13.5. The summed E-state index contributed by atoms with van der Waals surface area (Å²) in [6, 6.07) is 26.7. The zero-order chi connectivity index (χ0) is 46.1. The molecule has 0 radical (unpaired) electrons. The van der Waals surface area contributed by atoms with E-state index in [1.54, 1.807) is 36.4 Å². The summed E-state index contributed by atoms with van der Waals surface area (Å²) < 4.78 is 22.6. The minimum absolute atomic E-state index is 0.130. The number of hydrogen-bond acceptors (Lipinski definition) is 8. The molecular weight excluding hydrogens is 813 g/mol. The lowest BCUT2D eigenvalue weighted by molar-refractivity contribution is -0.131. The van der Waals surface area contributed by atoms with Crippen LogP contribution < -0.4 is 9.47 Å². The first-order valence-electron chi connectivity index (χ1n) is 24.2. The van der Waals surface area contributed by atoms with E-state index in [9.17, 15) is 19.2 Å². The van der Waals surface area contributed by atoms with Crippen LogP contribution in [0, 0.1) is 52.3 Å². The molecule has 8 rings (SSSR count). The van der Waals surface area contributed by atoms with Gasteiger partial charge in [-0.05, 0) is 175 Å². The third-order valence-electron chi connectivity index (χ3n) is 17.3. The lowest BCUT2D eigenvalue weighted by atomic mass is 9.39. The molecule has 4 aliphatic rings. The van der Waals surface area contributed by atoms with Gasteiger partial charge < -0.3 is 18.9 Å². The maximum atomic E-state index is 12.4. The van der Waals surface area contributed by atoms with Gasteiger partial charge in [0.2, 0.25) is 0 Å². The van der Waals surface area contributed by atoms with Crippen LogP contribution in [0.3, 0.4) is 0 Å². The van der Waals surface area contributed by atoms with Crippen molar-refractivity contribution in [3.05, 3.63) is 118 Å². The summed E-state index contributed by atoms with van der Waals surface area (Å²) in [5, 5.41) is 0. The highest BCUT2D eigenvalue weighted by molar-refractivity contribution is 5.99. The lowest BCUT2D eigenvalue weighted by Gasteiger charge is -2.65. The van der Waals surface area contributed by atoms with Gasteiger partial charge in [-0.25, -0.2) is 9.59 Å². The molecule has 65 heavy (non-hydrogen) atoms. The van der Waals surface area contributed by atoms with Gasteiger partial charge in [-0.15, -0.1) is 0 Å². The second kappa shape index (κ2) is 18.9. The summed E-state index contributed by atoms with van der Waals surface area (Å²) in [6.07, 6.45) is 16.4. The van der Waals surface area contributed by atoms with E-state index in [1.165, 1.54) is 83.1 Å². The van der Waals surface area contributed by atoms with E-state index in [2.05, 4.69) is 65.0 Å². The molecule has 8 nitrogen and oxygen atoms in total. The molecule has 0 N–H and O–H groups in total. The third-order valence-corrected chi connectivity index (χ3v) is 17.3. The SMILES string of the molecule is COC(=O)c1ccc(Oc2ccc(C3(c4cccc(Oc5ccc(C(=O)OC)c(C=O)c5)c4)CCCC4(C)C5CCC6(C)C(C(C)CCCC(C)C)CCC6C5CCC34)cc2)cc1C=O. The van der Waals surface area contributed by atoms with Crippen molar-refractivity contribution >= 4 is 24.5 Å². The smallest absolute Gasteiger partial charge is 0.338 e. The van der Waals surface area contributed by atoms with Crippen molar-refractivity contribution in [2.45, 2.75) is 117 Å². The number of benzene rings is 4. The van der Waals surface area contributed by atoms with Gasteiger partial charge >= 0.3 is 11.9 Å². The first kappa shape index (κ1) is 46.3. The highest BCUT2D eigenvalue weighted by Gasteiger charge is 2.64. The first-order chi connectivity index (χ1) is 31.3. The summed E-state index contributed by atoms with van der Waals surface area (Å²) in [5.74, 6) is 6.00. The molecule has 0 heterocycles. The van der Waals surface area contributed by atoms with Gasteiger partial charge in [-0.1, -0.05) is 84.6 Å². The van der Waals surface area contributed by atoms with E-state index in [1.807, 2.05) is 18.2 Å². The Morgan fingerprint density at radius 1 is 0.631 bits per heavy atom. The molecule has 4 fully saturated rings. The number of ether oxygens (including phenoxy) is 4. The van der Waals surface area contributed by atoms with Crippen LogP contribution in [0.1, 0.15) is 164 Å². The molecule has 4 aromatic rings. The van der Waals surface area contributed by atoms with Crippen LogP contribution in [0.2, 0.25) is 0 Å². The molecule has 4 aliphatic carbocycles. The molecule has 0 spiro atoms. The third kappa shape index (κ3) is 8.55. The quantitative estimate of drug-likeness (QED) is 0.0859. The lowest BCUT2D eigenvalue weighted by Crippen LogP contribution is -2.59. The van der Waals surface area contributed by atoms with Crippen LogP contribution in [0.15, 0.2) is 84.9 Å². The molecule has 8 heteroatoms. The van der Waals surface area contributed by atoms with E-state index in [-0.39, 0.29) is 33.1 Å². The van der Waals surface area contributed by atoms with Crippen LogP contribution >= 0.6 is 0 Å². The largest absolute Gasteiger partial charge is 0.465 e. The fourth-order valence-electron chi connectivity index (χ4n) is 14.4. The van der Waals surface area contributed by atoms with E-state index in [0.29, 0.717) is 52.8 Å². The predicted octanol–water partition coefficient (Wildman–Crippen LogP) is 13.9. The topological polar surface area (TPSA) is 105 Å². The highest BCUT2D eigenvalue weighted by atomic mass is 16.5. The average molecular weight is 881 g/mol. The predicted molar refractivity (Wildman–Crippen MR) is 253 cm³/mol. The van der Waals surface area contributed by atoms with Crippen LogP contribution in [-0.2, 0) is 14.9 Å². The highest BCUT2D eigenvalue weighted by Crippen LogP contribution is 2.71. The van der Waals surface area contributed by atoms with Gasteiger partial charge in [0.1, 0.15) is 23.0 Å². The summed E-state index contributed by atoms with van der Waals surface area (Å²) in [4.78, 5) is 48.6. The van der Waals surface area contributed by atoms with Crippen molar-refractivity contribution in [3.63, 3.8) is 0 Å². The van der Waals surface area contributed by atoms with Gasteiger partial charge in [-0.3, -0.25) is 9.59 Å². The molecule has 0 bridgehead atoms. The first-order valence-corrected chi connectivity index (χ1v) is 24.2. The molecular formula is C57H68O8. The fraction of sp³-hybridized carbons (Fsp3) is 0.509. The molecule has 0 aliphatic heterocycles. The van der Waals surface area contributed by atoms with Gasteiger partial charge in [-0.2, -0.15) is 0 Å². The summed E-state index contributed by atoms with van der Waals surface area (Å²) in [7, 11) is 2.59. The zero-order valence-electron chi connectivity index (χ0n) is 39.5. The number of carbonyl (C=O) groups excluding carboxylic acids is 4. The van der Waals surface area contributed by atoms with Gasteiger partial charge in [0, 0.05) is 16.5 Å². The van der Waals surface area contributed by atoms with Crippen molar-refractivity contribution < 1.29 is 38.1 Å². The maximum Gasteiger partial charge on any atom is 0.338 e. The number of fused-ring (bicyclic) bond motifs is 5. The number of rotatable bonds is 15.